The number of hydrogen-bond acceptors (Lipinski definition) is 20. The lowest BCUT2D eigenvalue weighted by Crippen LogP contribution is -2.20. The van der Waals surface area contributed by atoms with Gasteiger partial charge >= 0.3 is 23.9 Å². The van der Waals surface area contributed by atoms with Crippen LogP contribution in [0.3, 0.4) is 0 Å². The largest absolute Gasteiger partial charge is 0.477 e. The van der Waals surface area contributed by atoms with Crippen molar-refractivity contribution in [1.82, 2.24) is 19.9 Å². The summed E-state index contributed by atoms with van der Waals surface area (Å²) in [5, 5.41) is 54.4. The van der Waals surface area contributed by atoms with Crippen molar-refractivity contribution < 1.29 is 75.5 Å². The summed E-state index contributed by atoms with van der Waals surface area (Å²) < 4.78 is 77.4. The first kappa shape index (κ1) is 96.9. The topological polar surface area (TPSA) is 370 Å². The average Bonchev–Trinajstić information content (AvgIpc) is 1.59. The van der Waals surface area contributed by atoms with Gasteiger partial charge in [-0.2, -0.15) is 0 Å². The molecule has 12 aromatic heterocycles. The van der Waals surface area contributed by atoms with E-state index in [9.17, 15) is 57.9 Å². The van der Waals surface area contributed by atoms with Gasteiger partial charge in [-0.05, 0) is 200 Å². The maximum absolute atomic E-state index is 13.6. The van der Waals surface area contributed by atoms with Crippen molar-refractivity contribution in [1.29, 1.82) is 0 Å². The number of furan rings is 4. The Bertz CT molecular complexity index is 7690. The van der Waals surface area contributed by atoms with E-state index in [4.69, 9.17) is 64.1 Å². The van der Waals surface area contributed by atoms with Gasteiger partial charge in [-0.25, -0.2) is 19.2 Å². The molecule has 1 aliphatic carbocycles. The van der Waals surface area contributed by atoms with Crippen molar-refractivity contribution in [3.05, 3.63) is 325 Å². The standard InChI is InChI=1S/C26H20ClN2O4PS.C26H27N2O4PS.C25H17Cl2N2O4PS.C25H18ClN2O4PS/c1-15-12-18(27)9-10-23(15)34(2,32)29-20-14-24(35-25(20)26(30)31)17-7-5-16(6-8-17)22-13-19-21(33-22)4-3-11-28-19;1-16-5-11-19(12-6-16)33(2,31)28-21-15-24(34-25(21)26(29)30)18-9-7-17(8-10-18)23-14-20-22(32-23)4-3-13-27-20;1-34(32,22-9-8-16(26)11-17(22)27)29-19-13-23(35-24(19)25(30)31)15-6-4-14(5-7-15)21-12-18-20(33-21)3-2-10-28-18;1-33(31,18-10-8-17(26)9-11-18)28-20-14-23(34-24(20)25(29)30)16-6-4-15(5-7-16)22-13-19-21(32-22)3-2-12-27-19/h3-14H,1-2H3,(H,29,32)(H,30,31);3-4,7-10,13-16,19H,5-6,11-12H2,1-2H3,(H,28,31)(H,29,30);2-13H,1H3,(H,29,32)(H,30,31);2-14H,1H3,(H,28,31)(H,29,30). The average molecular weight is 2070 g/mol. The van der Waals surface area contributed by atoms with Crippen LogP contribution in [0, 0.1) is 12.8 Å². The summed E-state index contributed by atoms with van der Waals surface area (Å²) in [5.41, 5.74) is 15.2. The Morgan fingerprint density at radius 3 is 0.928 bits per heavy atom. The van der Waals surface area contributed by atoms with Gasteiger partial charge in [0.1, 0.15) is 64.6 Å². The summed E-state index contributed by atoms with van der Waals surface area (Å²) >= 11 is 28.7. The van der Waals surface area contributed by atoms with Crippen LogP contribution in [0.1, 0.15) is 76.9 Å². The van der Waals surface area contributed by atoms with Gasteiger partial charge in [0.15, 0.2) is 51.5 Å². The molecule has 1 aliphatic rings. The molecule has 0 saturated heterocycles. The second-order valence-electron chi connectivity index (χ2n) is 33.1. The molecule has 19 aromatic rings. The molecule has 0 bridgehead atoms. The Labute approximate surface area is 826 Å². The molecule has 1 fully saturated rings. The molecule has 12 heterocycles. The highest BCUT2D eigenvalue weighted by molar-refractivity contribution is 7.73. The van der Waals surface area contributed by atoms with Crippen LogP contribution in [-0.4, -0.2) is 96.6 Å². The van der Waals surface area contributed by atoms with Crippen molar-refractivity contribution in [2.24, 2.45) is 5.92 Å². The van der Waals surface area contributed by atoms with E-state index in [1.807, 2.05) is 183 Å². The number of anilines is 4. The minimum Gasteiger partial charge on any atom is -0.477 e. The van der Waals surface area contributed by atoms with Crippen molar-refractivity contribution in [2.45, 2.75) is 45.2 Å². The lowest BCUT2D eigenvalue weighted by Gasteiger charge is -2.31. The summed E-state index contributed by atoms with van der Waals surface area (Å²) in [7, 11) is -12.2. The number of rotatable bonds is 24. The van der Waals surface area contributed by atoms with E-state index in [0.29, 0.717) is 92.9 Å². The van der Waals surface area contributed by atoms with Crippen LogP contribution < -0.4 is 36.3 Å². The van der Waals surface area contributed by atoms with Gasteiger partial charge in [0, 0.05) is 154 Å². The van der Waals surface area contributed by atoms with Crippen LogP contribution in [0.25, 0.3) is 131 Å². The van der Waals surface area contributed by atoms with E-state index in [1.54, 1.807) is 118 Å². The van der Waals surface area contributed by atoms with Crippen LogP contribution in [0.2, 0.25) is 20.1 Å². The molecule has 698 valence electrons. The molecular weight excluding hydrogens is 1990 g/mol. The molecule has 8 N–H and O–H groups in total. The quantitative estimate of drug-likeness (QED) is 0.0260. The first-order valence-corrected chi connectivity index (χ1v) is 56.2. The van der Waals surface area contributed by atoms with Crippen molar-refractivity contribution in [2.75, 3.05) is 47.0 Å². The molecule has 7 aromatic carbocycles. The highest BCUT2D eigenvalue weighted by Gasteiger charge is 2.35. The highest BCUT2D eigenvalue weighted by Crippen LogP contribution is 2.56. The number of carboxylic acid groups (broad SMARTS) is 4. The Morgan fingerprint density at radius 1 is 0.341 bits per heavy atom. The zero-order valence-electron chi connectivity index (χ0n) is 74.0. The lowest BCUT2D eigenvalue weighted by atomic mass is 9.91. The van der Waals surface area contributed by atoms with Gasteiger partial charge in [-0.1, -0.05) is 150 Å². The fraction of sp³-hybridized carbons (Fsp3) is 0.118. The summed E-state index contributed by atoms with van der Waals surface area (Å²) in [6, 6.07) is 76.5. The van der Waals surface area contributed by atoms with Crippen LogP contribution >= 0.6 is 121 Å². The van der Waals surface area contributed by atoms with E-state index in [1.165, 1.54) is 24.1 Å². The Kier molecular flexibility index (Phi) is 28.6. The number of carbonyl (C=O) groups is 4. The second-order valence-corrected chi connectivity index (χ2v) is 49.6. The van der Waals surface area contributed by atoms with Gasteiger partial charge < -0.3 is 63.0 Å². The van der Waals surface area contributed by atoms with Crippen molar-refractivity contribution in [3.63, 3.8) is 0 Å². The Morgan fingerprint density at radius 2 is 0.623 bits per heavy atom. The maximum Gasteiger partial charge on any atom is 0.348 e. The van der Waals surface area contributed by atoms with Gasteiger partial charge in [-0.15, -0.1) is 45.3 Å². The second kappa shape index (κ2) is 40.7. The molecule has 4 unspecified atom stereocenters. The zero-order chi connectivity index (χ0) is 97.2. The van der Waals surface area contributed by atoms with Crippen molar-refractivity contribution >= 4 is 228 Å². The summed E-state index contributed by atoms with van der Waals surface area (Å²) in [6.45, 7) is 10.5. The third-order valence-corrected chi connectivity index (χ3v) is 37.5. The lowest BCUT2D eigenvalue weighted by molar-refractivity contribution is 0.0692. The molecule has 138 heavy (non-hydrogen) atoms. The minimum atomic E-state index is -3.25. The molecular formula is C102H82Cl4N8O16P4S4. The Balaban J connectivity index is 0.000000127. The van der Waals surface area contributed by atoms with E-state index >= 15 is 0 Å². The zero-order valence-corrected chi connectivity index (χ0v) is 83.8. The van der Waals surface area contributed by atoms with E-state index in [2.05, 4.69) is 47.2 Å². The molecule has 0 spiro atoms. The molecule has 20 rings (SSSR count). The van der Waals surface area contributed by atoms with E-state index < -0.39 is 53.0 Å². The summed E-state index contributed by atoms with van der Waals surface area (Å²) in [5.74, 6) is -0.794. The maximum atomic E-state index is 13.6. The van der Waals surface area contributed by atoms with E-state index in [0.717, 1.165) is 158 Å². The smallest absolute Gasteiger partial charge is 0.348 e. The molecule has 1 saturated carbocycles. The normalized spacial score (nSPS) is 14.8. The number of thiophene rings is 4. The van der Waals surface area contributed by atoms with Gasteiger partial charge in [0.2, 0.25) is 0 Å². The molecule has 4 atom stereocenters. The summed E-state index contributed by atoms with van der Waals surface area (Å²) in [4.78, 5) is 68.4. The number of aryl methyl sites for hydroxylation is 1. The van der Waals surface area contributed by atoms with Crippen LogP contribution in [0.4, 0.5) is 22.7 Å². The number of carboxylic acids is 4. The third-order valence-electron chi connectivity index (χ3n) is 23.0. The number of fused-ring (bicyclic) bond motifs is 4. The van der Waals surface area contributed by atoms with Crippen LogP contribution in [-0.2, 0) is 18.3 Å². The number of hydrogen-bond donors (Lipinski definition) is 8. The predicted octanol–water partition coefficient (Wildman–Crippen LogP) is 30.4. The van der Waals surface area contributed by atoms with Gasteiger partial charge in [0.25, 0.3) is 0 Å². The molecule has 0 radical (unpaired) electrons. The SMILES string of the molecule is CC1CCC(P(C)(=O)Nc2cc(-c3ccc(-c4cc5ncccc5o4)cc3)sc2C(=O)O)CC1.CP(=O)(Nc1cc(-c2ccc(-c3cc4ncccc4o3)cc2)sc1C(=O)O)c1ccc(Cl)cc1.CP(=O)(Nc1cc(-c2ccc(-c3cc4ncccc4o3)cc2)sc1C(=O)O)c1ccc(Cl)cc1Cl.Cc1cc(Cl)ccc1P(C)(=O)Nc1cc(-c2ccc(-c3cc4ncccc4o3)cc2)sc1C(=O)O. The first-order valence-electron chi connectivity index (χ1n) is 42.7. The van der Waals surface area contributed by atoms with E-state index in [-0.39, 0.29) is 35.9 Å². The number of nitrogens with one attached hydrogen (secondary N) is 4. The Hall–Kier alpha value is -12.7. The molecule has 24 nitrogen and oxygen atoms in total. The number of benzene rings is 7. The molecule has 0 amide bonds. The van der Waals surface area contributed by atoms with Gasteiger partial charge in [0.05, 0.1) is 27.8 Å². The van der Waals surface area contributed by atoms with Gasteiger partial charge in [-0.3, -0.25) is 33.6 Å². The minimum absolute atomic E-state index is 0.0552. The molecule has 0 aliphatic heterocycles. The first-order chi connectivity index (χ1) is 66.0. The number of halogens is 4. The fourth-order valence-corrected chi connectivity index (χ4v) is 28.4. The number of nitrogens with zero attached hydrogens (tertiary/aromatic N) is 4. The third kappa shape index (κ3) is 22.0. The van der Waals surface area contributed by atoms with Crippen LogP contribution in [0.15, 0.2) is 297 Å². The number of aromatic carboxylic acids is 4. The predicted molar refractivity (Wildman–Crippen MR) is 562 cm³/mol. The number of aromatic nitrogens is 4. The number of pyridine rings is 4. The fourth-order valence-electron chi connectivity index (χ4n) is 15.9. The van der Waals surface area contributed by atoms with Crippen LogP contribution in [0.5, 0.6) is 0 Å². The monoisotopic (exact) mass is 2070 g/mol. The highest BCUT2D eigenvalue weighted by atomic mass is 35.5. The van der Waals surface area contributed by atoms with Crippen molar-refractivity contribution in [3.8, 4) is 87.1 Å². The molecule has 36 heteroatoms. The summed E-state index contributed by atoms with van der Waals surface area (Å²) in [6.07, 6.45) is 10.9.